The maximum Gasteiger partial charge on any atom is 0.432 e. The van der Waals surface area contributed by atoms with Crippen LogP contribution in [0.15, 0.2) is 48.7 Å². The molecule has 0 saturated heterocycles. The Morgan fingerprint density at radius 1 is 1.24 bits per heavy atom. The molecule has 11 heteroatoms. The van der Waals surface area contributed by atoms with E-state index in [1.807, 2.05) is 0 Å². The van der Waals surface area contributed by atoms with E-state index in [1.165, 1.54) is 11.2 Å². The van der Waals surface area contributed by atoms with Crippen molar-refractivity contribution in [3.63, 3.8) is 0 Å². The molecule has 2 aromatic carbocycles. The van der Waals surface area contributed by atoms with Crippen LogP contribution >= 0.6 is 11.6 Å². The van der Waals surface area contributed by atoms with E-state index in [9.17, 15) is 19.5 Å². The van der Waals surface area contributed by atoms with Gasteiger partial charge in [-0.1, -0.05) is 23.7 Å². The van der Waals surface area contributed by atoms with Crippen molar-refractivity contribution in [3.05, 3.63) is 59.2 Å². The summed E-state index contributed by atoms with van der Waals surface area (Å²) in [4.78, 5) is 36.7. The predicted octanol–water partition coefficient (Wildman–Crippen LogP) is 3.80. The molecule has 0 aliphatic heterocycles. The summed E-state index contributed by atoms with van der Waals surface area (Å²) in [6.45, 7) is 5.36. The molecule has 0 radical (unpaired) electrons. The van der Waals surface area contributed by atoms with Crippen molar-refractivity contribution in [1.82, 2.24) is 14.8 Å². The van der Waals surface area contributed by atoms with Crippen LogP contribution in [0.5, 0.6) is 0 Å². The number of hydrazine groups is 1. The van der Waals surface area contributed by atoms with Crippen LogP contribution in [-0.2, 0) is 14.3 Å². The Kier molecular flexibility index (Phi) is 7.55. The molecule has 34 heavy (non-hydrogen) atoms. The number of halogens is 1. The zero-order valence-electron chi connectivity index (χ0n) is 19.0. The first kappa shape index (κ1) is 25.2. The van der Waals surface area contributed by atoms with E-state index < -0.39 is 29.6 Å². The Bertz CT molecular complexity index is 1220. The summed E-state index contributed by atoms with van der Waals surface area (Å²) >= 11 is 6.13. The molecule has 10 nitrogen and oxygen atoms in total. The van der Waals surface area contributed by atoms with Crippen molar-refractivity contribution >= 4 is 46.2 Å². The van der Waals surface area contributed by atoms with Gasteiger partial charge in [0, 0.05) is 22.6 Å². The number of hydrogen-bond donors (Lipinski definition) is 3. The first-order valence-corrected chi connectivity index (χ1v) is 10.8. The van der Waals surface area contributed by atoms with Crippen LogP contribution in [-0.4, -0.2) is 50.0 Å². The molecule has 1 unspecified atom stereocenters. The van der Waals surface area contributed by atoms with Gasteiger partial charge in [-0.25, -0.2) is 9.80 Å². The molecule has 1 heterocycles. The van der Waals surface area contributed by atoms with Gasteiger partial charge in [0.05, 0.1) is 18.1 Å². The number of nitrogens with one attached hydrogen (secondary N) is 1. The second kappa shape index (κ2) is 10.2. The summed E-state index contributed by atoms with van der Waals surface area (Å²) in [7, 11) is 0. The van der Waals surface area contributed by atoms with Crippen LogP contribution in [0.1, 0.15) is 38.8 Å². The molecule has 3 rings (SSSR count). The number of aromatic nitrogens is 2. The quantitative estimate of drug-likeness (QED) is 0.259. The van der Waals surface area contributed by atoms with Gasteiger partial charge >= 0.3 is 12.1 Å². The smallest absolute Gasteiger partial charge is 0.432 e. The number of ether oxygens (including phenoxy) is 1. The van der Waals surface area contributed by atoms with Crippen LogP contribution in [0.4, 0.5) is 10.5 Å². The van der Waals surface area contributed by atoms with Gasteiger partial charge in [-0.05, 0) is 56.7 Å². The Morgan fingerprint density at radius 3 is 2.62 bits per heavy atom. The van der Waals surface area contributed by atoms with E-state index in [4.69, 9.17) is 22.2 Å². The van der Waals surface area contributed by atoms with Crippen LogP contribution in [0.3, 0.4) is 0 Å². The number of fused-ring (bicyclic) bond motifs is 1. The third-order valence-electron chi connectivity index (χ3n) is 4.76. The second-order valence-corrected chi connectivity index (χ2v) is 9.07. The van der Waals surface area contributed by atoms with E-state index in [1.54, 1.807) is 63.2 Å². The summed E-state index contributed by atoms with van der Waals surface area (Å²) in [5, 5.41) is 18.0. The fourth-order valence-corrected chi connectivity index (χ4v) is 3.58. The van der Waals surface area contributed by atoms with Gasteiger partial charge in [0.1, 0.15) is 11.6 Å². The van der Waals surface area contributed by atoms with Gasteiger partial charge in [0.2, 0.25) is 5.91 Å². The number of benzene rings is 2. The molecule has 3 aromatic rings. The first-order valence-electron chi connectivity index (χ1n) is 10.5. The van der Waals surface area contributed by atoms with Crippen molar-refractivity contribution in [3.8, 4) is 0 Å². The van der Waals surface area contributed by atoms with Crippen LogP contribution in [0.25, 0.3) is 10.9 Å². The number of carbonyl (C=O) groups excluding carboxylic acids is 2. The average molecular weight is 488 g/mol. The van der Waals surface area contributed by atoms with Crippen molar-refractivity contribution in [2.75, 3.05) is 11.9 Å². The zero-order valence-corrected chi connectivity index (χ0v) is 19.7. The number of carboxylic acid groups (broad SMARTS) is 1. The van der Waals surface area contributed by atoms with Gasteiger partial charge in [-0.15, -0.1) is 0 Å². The molecule has 1 aromatic heterocycles. The molecular weight excluding hydrogens is 462 g/mol. The van der Waals surface area contributed by atoms with Crippen molar-refractivity contribution in [2.24, 2.45) is 5.84 Å². The number of amides is 1. The lowest BCUT2D eigenvalue weighted by molar-refractivity contribution is -0.155. The van der Waals surface area contributed by atoms with Crippen LogP contribution in [0.2, 0.25) is 5.02 Å². The number of nitrogens with two attached hydrogens (primary N) is 1. The summed E-state index contributed by atoms with van der Waals surface area (Å²) < 4.78 is 6.16. The van der Waals surface area contributed by atoms with Crippen molar-refractivity contribution in [2.45, 2.75) is 38.8 Å². The molecule has 0 aliphatic rings. The maximum absolute atomic E-state index is 13.3. The Balaban J connectivity index is 1.81. The SMILES string of the molecule is CC(C)(C)OC(=O)CCN(N)C(C(=O)Nc1ccc2c(cnn2C(=O)O)c1)c1cccc(Cl)c1. The average Bonchev–Trinajstić information content (AvgIpc) is 3.15. The summed E-state index contributed by atoms with van der Waals surface area (Å²) in [5.74, 6) is 5.34. The molecule has 0 bridgehead atoms. The number of rotatable bonds is 7. The van der Waals surface area contributed by atoms with Gasteiger partial charge in [-0.2, -0.15) is 9.78 Å². The molecule has 0 fully saturated rings. The highest BCUT2D eigenvalue weighted by molar-refractivity contribution is 6.30. The predicted molar refractivity (Wildman–Crippen MR) is 127 cm³/mol. The minimum atomic E-state index is -1.21. The fraction of sp³-hybridized carbons (Fsp3) is 0.304. The molecule has 0 spiro atoms. The minimum absolute atomic E-state index is 0.0154. The van der Waals surface area contributed by atoms with Gasteiger partial charge < -0.3 is 15.2 Å². The van der Waals surface area contributed by atoms with E-state index in [0.717, 1.165) is 4.68 Å². The van der Waals surface area contributed by atoms with Crippen molar-refractivity contribution < 1.29 is 24.2 Å². The molecule has 1 atom stereocenters. The van der Waals surface area contributed by atoms with E-state index in [-0.39, 0.29) is 13.0 Å². The maximum atomic E-state index is 13.3. The fourth-order valence-electron chi connectivity index (χ4n) is 3.39. The molecule has 0 aliphatic carbocycles. The normalized spacial score (nSPS) is 12.5. The third-order valence-corrected chi connectivity index (χ3v) is 4.99. The highest BCUT2D eigenvalue weighted by Crippen LogP contribution is 2.25. The molecular formula is C23H26ClN5O5. The van der Waals surface area contributed by atoms with E-state index in [0.29, 0.717) is 27.2 Å². The lowest BCUT2D eigenvalue weighted by Crippen LogP contribution is -2.43. The minimum Gasteiger partial charge on any atom is -0.463 e. The number of hydrogen-bond acceptors (Lipinski definition) is 7. The van der Waals surface area contributed by atoms with Crippen molar-refractivity contribution in [1.29, 1.82) is 0 Å². The molecule has 0 saturated carbocycles. The summed E-state index contributed by atoms with van der Waals surface area (Å²) in [5.41, 5.74) is 0.717. The topological polar surface area (TPSA) is 140 Å². The summed E-state index contributed by atoms with van der Waals surface area (Å²) in [6, 6.07) is 10.5. The Labute approximate surface area is 201 Å². The monoisotopic (exact) mass is 487 g/mol. The standard InChI is InChI=1S/C23H26ClN5O5/c1-23(2,3)34-19(30)9-10-28(25)20(14-5-4-6-16(24)11-14)21(31)27-17-7-8-18-15(12-17)13-26-29(18)22(32)33/h4-8,11-13,20H,9-10,25H2,1-3H3,(H,27,31)(H,32,33). The van der Waals surface area contributed by atoms with Gasteiger partial charge in [-0.3, -0.25) is 15.4 Å². The lowest BCUT2D eigenvalue weighted by Gasteiger charge is -2.27. The lowest BCUT2D eigenvalue weighted by atomic mass is 10.0. The van der Waals surface area contributed by atoms with E-state index in [2.05, 4.69) is 10.4 Å². The first-order chi connectivity index (χ1) is 15.9. The zero-order chi connectivity index (χ0) is 25.0. The van der Waals surface area contributed by atoms with Gasteiger partial charge in [0.25, 0.3) is 0 Å². The third kappa shape index (κ3) is 6.31. The second-order valence-electron chi connectivity index (χ2n) is 8.63. The van der Waals surface area contributed by atoms with Crippen LogP contribution < -0.4 is 11.2 Å². The number of anilines is 1. The van der Waals surface area contributed by atoms with Gasteiger partial charge in [0.15, 0.2) is 0 Å². The van der Waals surface area contributed by atoms with Crippen LogP contribution in [0, 0.1) is 0 Å². The largest absolute Gasteiger partial charge is 0.463 e. The molecule has 4 N–H and O–H groups in total. The number of nitrogens with zero attached hydrogens (tertiary/aromatic N) is 3. The summed E-state index contributed by atoms with van der Waals surface area (Å²) in [6.07, 6.45) is 0.166. The highest BCUT2D eigenvalue weighted by atomic mass is 35.5. The highest BCUT2D eigenvalue weighted by Gasteiger charge is 2.27. The number of esters is 1. The Morgan fingerprint density at radius 2 is 1.97 bits per heavy atom. The number of carbonyl (C=O) groups is 3. The van der Waals surface area contributed by atoms with E-state index >= 15 is 0 Å². The Hall–Kier alpha value is -3.47. The molecule has 1 amide bonds. The molecule has 180 valence electrons.